The Labute approximate surface area is 164 Å². The van der Waals surface area contributed by atoms with Crippen LogP contribution < -0.4 is 5.56 Å². The Morgan fingerprint density at radius 1 is 1.14 bits per heavy atom. The number of fused-ring (bicyclic) bond motifs is 1. The minimum atomic E-state index is -1.11. The van der Waals surface area contributed by atoms with Crippen molar-refractivity contribution >= 4 is 21.6 Å². The maximum absolute atomic E-state index is 13.6. The van der Waals surface area contributed by atoms with E-state index in [2.05, 4.69) is 6.07 Å². The molecule has 0 aliphatic rings. The fourth-order valence-electron chi connectivity index (χ4n) is 3.28. The third-order valence-corrected chi connectivity index (χ3v) is 5.78. The molecule has 0 aliphatic carbocycles. The van der Waals surface area contributed by atoms with Gasteiger partial charge in [0.05, 0.1) is 5.69 Å². The quantitative estimate of drug-likeness (QED) is 0.562. The van der Waals surface area contributed by atoms with Gasteiger partial charge in [0.1, 0.15) is 27.7 Å². The molecule has 28 heavy (non-hydrogen) atoms. The minimum Gasteiger partial charge on any atom is -0.384 e. The van der Waals surface area contributed by atoms with Gasteiger partial charge in [0.2, 0.25) is 0 Å². The van der Waals surface area contributed by atoms with Gasteiger partial charge in [-0.2, -0.15) is 5.26 Å². The number of aliphatic hydroxyl groups excluding tert-OH is 1. The number of hydrogen-bond donors (Lipinski definition) is 1. The molecule has 2 aromatic carbocycles. The van der Waals surface area contributed by atoms with Gasteiger partial charge < -0.3 is 5.11 Å². The van der Waals surface area contributed by atoms with Gasteiger partial charge in [-0.3, -0.25) is 9.36 Å². The SMILES string of the molecule is Cc1cc(C(O)c2c(C#N)sc3c2ccc(=O)n3-c2ccccc2)ccc1F. The fourth-order valence-corrected chi connectivity index (χ4v) is 4.43. The number of pyridine rings is 1. The summed E-state index contributed by atoms with van der Waals surface area (Å²) in [5, 5.41) is 21.3. The summed E-state index contributed by atoms with van der Waals surface area (Å²) in [4.78, 5) is 13.5. The number of thiophene rings is 1. The molecule has 0 fully saturated rings. The second-order valence-corrected chi connectivity index (χ2v) is 7.43. The van der Waals surface area contributed by atoms with Crippen molar-refractivity contribution in [3.63, 3.8) is 0 Å². The average molecular weight is 390 g/mol. The fraction of sp³-hybridized carbons (Fsp3) is 0.0909. The van der Waals surface area contributed by atoms with Crippen LogP contribution >= 0.6 is 11.3 Å². The highest BCUT2D eigenvalue weighted by Gasteiger charge is 2.23. The Balaban J connectivity index is 1.98. The van der Waals surface area contributed by atoms with E-state index in [1.165, 1.54) is 22.8 Å². The lowest BCUT2D eigenvalue weighted by Crippen LogP contribution is -2.16. The summed E-state index contributed by atoms with van der Waals surface area (Å²) >= 11 is 1.16. The molecule has 6 heteroatoms. The van der Waals surface area contributed by atoms with Gasteiger partial charge in [0.15, 0.2) is 0 Å². The van der Waals surface area contributed by atoms with Crippen LogP contribution in [-0.4, -0.2) is 9.67 Å². The second kappa shape index (κ2) is 7.04. The van der Waals surface area contributed by atoms with Crippen molar-refractivity contribution in [1.82, 2.24) is 4.57 Å². The van der Waals surface area contributed by atoms with E-state index in [1.54, 1.807) is 19.1 Å². The van der Waals surface area contributed by atoms with Crippen molar-refractivity contribution in [3.05, 3.63) is 98.4 Å². The molecular formula is C22H15FN2O2S. The highest BCUT2D eigenvalue weighted by atomic mass is 32.1. The number of hydrogen-bond acceptors (Lipinski definition) is 4. The summed E-state index contributed by atoms with van der Waals surface area (Å²) in [6.07, 6.45) is -1.11. The van der Waals surface area contributed by atoms with Crippen molar-refractivity contribution in [3.8, 4) is 11.8 Å². The first-order valence-electron chi connectivity index (χ1n) is 8.59. The summed E-state index contributed by atoms with van der Waals surface area (Å²) < 4.78 is 15.2. The molecule has 0 spiro atoms. The van der Waals surface area contributed by atoms with E-state index in [9.17, 15) is 19.6 Å². The summed E-state index contributed by atoms with van der Waals surface area (Å²) in [5.41, 5.74) is 1.80. The van der Waals surface area contributed by atoms with E-state index >= 15 is 0 Å². The van der Waals surface area contributed by atoms with Crippen molar-refractivity contribution < 1.29 is 9.50 Å². The zero-order valence-electron chi connectivity index (χ0n) is 14.9. The van der Waals surface area contributed by atoms with Gasteiger partial charge in [0, 0.05) is 17.0 Å². The minimum absolute atomic E-state index is 0.219. The monoisotopic (exact) mass is 390 g/mol. The van der Waals surface area contributed by atoms with Gasteiger partial charge in [-0.25, -0.2) is 4.39 Å². The molecule has 0 aliphatic heterocycles. The standard InChI is InChI=1S/C22H15FN2O2S/c1-13-11-14(7-9-17(13)23)21(27)20-16-8-10-19(26)25(15-5-3-2-4-6-15)22(16)28-18(20)12-24/h2-11,21,27H,1H3. The van der Waals surface area contributed by atoms with E-state index in [0.29, 0.717) is 37.5 Å². The summed E-state index contributed by atoms with van der Waals surface area (Å²) in [5.74, 6) is -0.357. The molecule has 0 bridgehead atoms. The van der Waals surface area contributed by atoms with Crippen molar-refractivity contribution in [1.29, 1.82) is 5.26 Å². The van der Waals surface area contributed by atoms with Gasteiger partial charge in [-0.05, 0) is 42.3 Å². The number of rotatable bonds is 3. The topological polar surface area (TPSA) is 66.0 Å². The van der Waals surface area contributed by atoms with Crippen LogP contribution in [0.5, 0.6) is 0 Å². The number of para-hydroxylation sites is 1. The van der Waals surface area contributed by atoms with Crippen molar-refractivity contribution in [2.24, 2.45) is 0 Å². The van der Waals surface area contributed by atoms with Gasteiger partial charge >= 0.3 is 0 Å². The lowest BCUT2D eigenvalue weighted by molar-refractivity contribution is 0.222. The predicted octanol–water partition coefficient (Wildman–Crippen LogP) is 4.45. The Morgan fingerprint density at radius 3 is 2.57 bits per heavy atom. The normalized spacial score (nSPS) is 12.1. The molecule has 138 valence electrons. The van der Waals surface area contributed by atoms with Crippen LogP contribution in [0.4, 0.5) is 4.39 Å². The van der Waals surface area contributed by atoms with Gasteiger partial charge in [-0.1, -0.05) is 30.3 Å². The van der Waals surface area contributed by atoms with Crippen LogP contribution in [0.2, 0.25) is 0 Å². The maximum Gasteiger partial charge on any atom is 0.256 e. The lowest BCUT2D eigenvalue weighted by atomic mass is 9.98. The second-order valence-electron chi connectivity index (χ2n) is 6.43. The Kier molecular flexibility index (Phi) is 4.55. The number of aromatic nitrogens is 1. The van der Waals surface area contributed by atoms with Crippen LogP contribution in [0.1, 0.15) is 27.7 Å². The van der Waals surface area contributed by atoms with Crippen LogP contribution in [0, 0.1) is 24.1 Å². The number of benzene rings is 2. The molecule has 0 radical (unpaired) electrons. The molecule has 0 saturated heterocycles. The van der Waals surface area contributed by atoms with Crippen LogP contribution in [0.3, 0.4) is 0 Å². The first kappa shape index (κ1) is 18.1. The molecule has 2 aromatic heterocycles. The molecule has 0 saturated carbocycles. The molecular weight excluding hydrogens is 375 g/mol. The average Bonchev–Trinajstić information content (AvgIpc) is 3.08. The molecule has 1 unspecified atom stereocenters. The van der Waals surface area contributed by atoms with Crippen molar-refractivity contribution in [2.75, 3.05) is 0 Å². The molecule has 1 atom stereocenters. The van der Waals surface area contributed by atoms with Gasteiger partial charge in [-0.15, -0.1) is 11.3 Å². The van der Waals surface area contributed by atoms with Crippen LogP contribution in [0.25, 0.3) is 15.9 Å². The Morgan fingerprint density at radius 2 is 1.89 bits per heavy atom. The largest absolute Gasteiger partial charge is 0.384 e. The first-order chi connectivity index (χ1) is 13.5. The van der Waals surface area contributed by atoms with Gasteiger partial charge in [0.25, 0.3) is 5.56 Å². The van der Waals surface area contributed by atoms with E-state index < -0.39 is 6.10 Å². The highest BCUT2D eigenvalue weighted by Crippen LogP contribution is 2.38. The molecule has 2 heterocycles. The number of halogens is 1. The van der Waals surface area contributed by atoms with E-state index in [1.807, 2.05) is 30.3 Å². The molecule has 0 amide bonds. The van der Waals surface area contributed by atoms with Crippen LogP contribution in [0.15, 0.2) is 65.5 Å². The zero-order chi connectivity index (χ0) is 19.8. The Hall–Kier alpha value is -3.27. The molecule has 4 nitrogen and oxygen atoms in total. The Bertz CT molecular complexity index is 1290. The lowest BCUT2D eigenvalue weighted by Gasteiger charge is -2.13. The smallest absolute Gasteiger partial charge is 0.256 e. The molecule has 1 N–H and O–H groups in total. The van der Waals surface area contributed by atoms with E-state index in [-0.39, 0.29) is 11.4 Å². The number of aryl methyl sites for hydroxylation is 1. The van der Waals surface area contributed by atoms with E-state index in [4.69, 9.17) is 0 Å². The summed E-state index contributed by atoms with van der Waals surface area (Å²) in [6.45, 7) is 1.62. The van der Waals surface area contributed by atoms with Crippen molar-refractivity contribution in [2.45, 2.75) is 13.0 Å². The number of aliphatic hydroxyl groups is 1. The number of nitrogens with zero attached hydrogens (tertiary/aromatic N) is 2. The van der Waals surface area contributed by atoms with E-state index in [0.717, 1.165) is 11.3 Å². The summed E-state index contributed by atoms with van der Waals surface area (Å²) in [6, 6.07) is 18.7. The predicted molar refractivity (Wildman–Crippen MR) is 107 cm³/mol. The maximum atomic E-state index is 13.6. The molecule has 4 aromatic rings. The third kappa shape index (κ3) is 2.91. The molecule has 4 rings (SSSR count). The first-order valence-corrected chi connectivity index (χ1v) is 9.41. The third-order valence-electron chi connectivity index (χ3n) is 4.67. The van der Waals surface area contributed by atoms with Crippen LogP contribution in [-0.2, 0) is 0 Å². The zero-order valence-corrected chi connectivity index (χ0v) is 15.7. The highest BCUT2D eigenvalue weighted by molar-refractivity contribution is 7.19. The summed E-state index contributed by atoms with van der Waals surface area (Å²) in [7, 11) is 0. The number of nitriles is 1.